The normalized spacial score (nSPS) is 23.7. The van der Waals surface area contributed by atoms with Gasteiger partial charge in [-0.1, -0.05) is 0 Å². The summed E-state index contributed by atoms with van der Waals surface area (Å²) >= 11 is 1.43. The molecule has 0 N–H and O–H groups in total. The van der Waals surface area contributed by atoms with Crippen molar-refractivity contribution in [2.24, 2.45) is 0 Å². The van der Waals surface area contributed by atoms with Gasteiger partial charge >= 0.3 is 17.9 Å². The molecule has 3 heterocycles. The third-order valence-corrected chi connectivity index (χ3v) is 4.80. The number of fused-ring (bicyclic) bond motifs is 1. The van der Waals surface area contributed by atoms with E-state index < -0.39 is 42.4 Å². The first-order valence-electron chi connectivity index (χ1n) is 8.67. The van der Waals surface area contributed by atoms with Crippen molar-refractivity contribution in [2.45, 2.75) is 50.3 Å². The Bertz CT molecular complexity index is 934. The maximum atomic E-state index is 11.7. The second kappa shape index (κ2) is 8.74. The first kappa shape index (κ1) is 21.0. The zero-order valence-corrected chi connectivity index (χ0v) is 17.0. The van der Waals surface area contributed by atoms with Gasteiger partial charge in [0.05, 0.1) is 5.39 Å². The maximum absolute atomic E-state index is 11.7. The van der Waals surface area contributed by atoms with Crippen molar-refractivity contribution >= 4 is 40.7 Å². The minimum atomic E-state index is -1.00. The molecule has 0 unspecified atom stereocenters. The minimum absolute atomic E-state index is 0.182. The van der Waals surface area contributed by atoms with E-state index in [2.05, 4.69) is 15.1 Å². The van der Waals surface area contributed by atoms with Gasteiger partial charge in [-0.05, 0) is 6.26 Å². The van der Waals surface area contributed by atoms with E-state index in [1.807, 2.05) is 6.26 Å². The average molecular weight is 424 g/mol. The van der Waals surface area contributed by atoms with Crippen molar-refractivity contribution in [2.75, 3.05) is 12.9 Å². The van der Waals surface area contributed by atoms with Crippen LogP contribution < -0.4 is 0 Å². The molecule has 0 spiro atoms. The summed E-state index contributed by atoms with van der Waals surface area (Å²) in [5.74, 6) is -1.70. The maximum Gasteiger partial charge on any atom is 0.303 e. The molecule has 0 amide bonds. The number of carbonyl (C=O) groups excluding carboxylic acids is 3. The summed E-state index contributed by atoms with van der Waals surface area (Å²) in [4.78, 5) is 42.9. The van der Waals surface area contributed by atoms with Gasteiger partial charge in [-0.2, -0.15) is 0 Å². The molecule has 156 valence electrons. The van der Waals surface area contributed by atoms with E-state index in [-0.39, 0.29) is 6.61 Å². The van der Waals surface area contributed by atoms with Gasteiger partial charge in [-0.3, -0.25) is 14.4 Å². The first-order valence-corrected chi connectivity index (χ1v) is 9.89. The molecular formula is C17H20N4O7S. The molecule has 3 rings (SSSR count). The van der Waals surface area contributed by atoms with E-state index >= 15 is 0 Å². The van der Waals surface area contributed by atoms with Crippen LogP contribution in [0.15, 0.2) is 17.6 Å². The highest BCUT2D eigenvalue weighted by Gasteiger charge is 2.51. The lowest BCUT2D eigenvalue weighted by Crippen LogP contribution is -2.40. The quantitative estimate of drug-likeness (QED) is 0.283. The van der Waals surface area contributed by atoms with Gasteiger partial charge in [0, 0.05) is 27.0 Å². The summed E-state index contributed by atoms with van der Waals surface area (Å²) in [6.07, 6.45) is 1.18. The molecular weight excluding hydrogens is 404 g/mol. The Kier molecular flexibility index (Phi) is 6.33. The van der Waals surface area contributed by atoms with Crippen LogP contribution in [0.1, 0.15) is 27.0 Å². The number of aromatic nitrogens is 4. The first-order chi connectivity index (χ1) is 13.8. The van der Waals surface area contributed by atoms with Crippen LogP contribution in [0.4, 0.5) is 0 Å². The fraction of sp³-hybridized carbons (Fsp3) is 0.529. The van der Waals surface area contributed by atoms with Crippen LogP contribution in [0.2, 0.25) is 0 Å². The van der Waals surface area contributed by atoms with Crippen molar-refractivity contribution in [1.29, 1.82) is 0 Å². The SMILES string of the molecule is CSc1ncnc2nn([C@@H]3O[C@H](COC(C)=O)[C@@H](OC(C)=O)[C@@H]3OC(C)=O)cc12. The minimum Gasteiger partial charge on any atom is -0.463 e. The van der Waals surface area contributed by atoms with Gasteiger partial charge in [0.1, 0.15) is 24.1 Å². The van der Waals surface area contributed by atoms with E-state index in [1.54, 1.807) is 6.20 Å². The predicted octanol–water partition coefficient (Wildman–Crippen LogP) is 0.872. The molecule has 0 bridgehead atoms. The lowest BCUT2D eigenvalue weighted by molar-refractivity contribution is -0.166. The van der Waals surface area contributed by atoms with Crippen molar-refractivity contribution < 1.29 is 33.3 Å². The van der Waals surface area contributed by atoms with E-state index in [9.17, 15) is 14.4 Å². The molecule has 2 aromatic rings. The summed E-state index contributed by atoms with van der Waals surface area (Å²) in [7, 11) is 0. The summed E-state index contributed by atoms with van der Waals surface area (Å²) in [5, 5.41) is 5.80. The Labute approximate surface area is 170 Å². The number of ether oxygens (including phenoxy) is 4. The standard InChI is InChI=1S/C17H20N4O7S/c1-8(22)25-6-12-13(26-9(2)23)14(27-10(3)24)17(28-12)21-5-11-15(20-21)18-7-19-16(11)29-4/h5,7,12-14,17H,6H2,1-4H3/t12-,13-,14+,17-/m1/s1. The lowest BCUT2D eigenvalue weighted by Gasteiger charge is -2.23. The Morgan fingerprint density at radius 2 is 1.79 bits per heavy atom. The zero-order chi connectivity index (χ0) is 21.1. The Morgan fingerprint density at radius 3 is 2.41 bits per heavy atom. The van der Waals surface area contributed by atoms with Crippen LogP contribution in [0.25, 0.3) is 11.0 Å². The zero-order valence-electron chi connectivity index (χ0n) is 16.2. The molecule has 1 fully saturated rings. The monoisotopic (exact) mass is 424 g/mol. The van der Waals surface area contributed by atoms with Gasteiger partial charge < -0.3 is 18.9 Å². The highest BCUT2D eigenvalue weighted by atomic mass is 32.2. The Balaban J connectivity index is 1.99. The van der Waals surface area contributed by atoms with Crippen molar-refractivity contribution in [1.82, 2.24) is 19.7 Å². The third-order valence-electron chi connectivity index (χ3n) is 4.09. The summed E-state index contributed by atoms with van der Waals surface area (Å²) in [6.45, 7) is 3.53. The molecule has 2 aromatic heterocycles. The number of nitrogens with zero attached hydrogens (tertiary/aromatic N) is 4. The fourth-order valence-corrected chi connectivity index (χ4v) is 3.55. The summed E-state index contributed by atoms with van der Waals surface area (Å²) in [6, 6.07) is 0. The number of esters is 3. The highest BCUT2D eigenvalue weighted by molar-refractivity contribution is 7.98. The van der Waals surface area contributed by atoms with Gasteiger partial charge in [0.25, 0.3) is 0 Å². The Morgan fingerprint density at radius 1 is 1.10 bits per heavy atom. The number of thioether (sulfide) groups is 1. The highest BCUT2D eigenvalue weighted by Crippen LogP contribution is 2.35. The predicted molar refractivity (Wildman–Crippen MR) is 98.8 cm³/mol. The molecule has 0 radical (unpaired) electrons. The second-order valence-corrected chi connectivity index (χ2v) is 7.04. The molecule has 1 aliphatic heterocycles. The molecule has 1 saturated heterocycles. The van der Waals surface area contributed by atoms with Crippen LogP contribution in [0.5, 0.6) is 0 Å². The summed E-state index contributed by atoms with van der Waals surface area (Å²) in [5.41, 5.74) is 0.432. The lowest BCUT2D eigenvalue weighted by atomic mass is 10.1. The van der Waals surface area contributed by atoms with Crippen LogP contribution in [0, 0.1) is 0 Å². The number of hydrogen-bond acceptors (Lipinski definition) is 11. The van der Waals surface area contributed by atoms with Crippen LogP contribution in [0.3, 0.4) is 0 Å². The van der Waals surface area contributed by atoms with E-state index in [0.29, 0.717) is 11.0 Å². The number of carbonyl (C=O) groups is 3. The Hall–Kier alpha value is -2.73. The van der Waals surface area contributed by atoms with Gasteiger partial charge in [-0.25, -0.2) is 14.6 Å². The summed E-state index contributed by atoms with van der Waals surface area (Å²) < 4.78 is 23.1. The topological polar surface area (TPSA) is 132 Å². The van der Waals surface area contributed by atoms with Gasteiger partial charge in [0.2, 0.25) is 0 Å². The number of rotatable bonds is 6. The van der Waals surface area contributed by atoms with Crippen LogP contribution in [-0.2, 0) is 33.3 Å². The van der Waals surface area contributed by atoms with Crippen molar-refractivity contribution in [3.8, 4) is 0 Å². The molecule has 1 aliphatic rings. The molecule has 12 heteroatoms. The van der Waals surface area contributed by atoms with Crippen LogP contribution in [-0.4, -0.2) is 68.8 Å². The van der Waals surface area contributed by atoms with E-state index in [4.69, 9.17) is 18.9 Å². The largest absolute Gasteiger partial charge is 0.463 e. The van der Waals surface area contributed by atoms with Crippen molar-refractivity contribution in [3.63, 3.8) is 0 Å². The molecule has 0 aromatic carbocycles. The van der Waals surface area contributed by atoms with E-state index in [0.717, 1.165) is 5.03 Å². The molecule has 0 aliphatic carbocycles. The van der Waals surface area contributed by atoms with Crippen LogP contribution >= 0.6 is 11.8 Å². The van der Waals surface area contributed by atoms with Gasteiger partial charge in [0.15, 0.2) is 24.1 Å². The molecule has 29 heavy (non-hydrogen) atoms. The molecule has 0 saturated carbocycles. The average Bonchev–Trinajstić information content (AvgIpc) is 3.21. The third kappa shape index (κ3) is 4.65. The fourth-order valence-electron chi connectivity index (χ4n) is 3.03. The van der Waals surface area contributed by atoms with Gasteiger partial charge in [-0.15, -0.1) is 16.9 Å². The second-order valence-electron chi connectivity index (χ2n) is 6.25. The van der Waals surface area contributed by atoms with Crippen molar-refractivity contribution in [3.05, 3.63) is 12.5 Å². The smallest absolute Gasteiger partial charge is 0.303 e. The molecule has 4 atom stereocenters. The number of hydrogen-bond donors (Lipinski definition) is 0. The van der Waals surface area contributed by atoms with E-state index in [1.165, 1.54) is 43.5 Å². The molecule has 11 nitrogen and oxygen atoms in total.